The third-order valence-electron chi connectivity index (χ3n) is 5.56. The number of benzene rings is 1. The first-order chi connectivity index (χ1) is 14.3. The topological polar surface area (TPSA) is 106 Å². The van der Waals surface area contributed by atoms with E-state index in [1.54, 1.807) is 16.9 Å². The average molecular weight is 487 g/mol. The van der Waals surface area contributed by atoms with E-state index < -0.39 is 10.0 Å². The van der Waals surface area contributed by atoms with Crippen LogP contribution in [-0.2, 0) is 10.0 Å². The van der Waals surface area contributed by atoms with Gasteiger partial charge in [0.05, 0.1) is 28.1 Å². The summed E-state index contributed by atoms with van der Waals surface area (Å²) in [4.78, 5) is 9.42. The maximum Gasteiger partial charge on any atom is 0.211 e. The number of nitrogens with zero attached hydrogens (tertiary/aromatic N) is 5. The Morgan fingerprint density at radius 3 is 2.80 bits per heavy atom. The molecule has 10 heteroatoms. The molecule has 8 nitrogen and oxygen atoms in total. The van der Waals surface area contributed by atoms with E-state index in [9.17, 15) is 8.42 Å². The van der Waals surface area contributed by atoms with Gasteiger partial charge in [-0.3, -0.25) is 4.98 Å². The molecule has 1 saturated heterocycles. The van der Waals surface area contributed by atoms with E-state index in [1.807, 2.05) is 24.3 Å². The number of pyridine rings is 1. The number of halogens is 1. The molecule has 4 heterocycles. The lowest BCUT2D eigenvalue weighted by Gasteiger charge is -2.15. The zero-order chi connectivity index (χ0) is 21.0. The van der Waals surface area contributed by atoms with Crippen LogP contribution >= 0.6 is 15.9 Å². The average Bonchev–Trinajstić information content (AvgIpc) is 3.37. The minimum absolute atomic E-state index is 0.0427. The number of sulfonamides is 1. The predicted molar refractivity (Wildman–Crippen MR) is 120 cm³/mol. The second-order valence-electron chi connectivity index (χ2n) is 7.51. The Morgan fingerprint density at radius 2 is 2.03 bits per heavy atom. The van der Waals surface area contributed by atoms with Gasteiger partial charge >= 0.3 is 0 Å². The van der Waals surface area contributed by atoms with Crippen molar-refractivity contribution in [1.29, 1.82) is 0 Å². The van der Waals surface area contributed by atoms with Crippen LogP contribution < -0.4 is 5.73 Å². The molecule has 1 fully saturated rings. The van der Waals surface area contributed by atoms with Gasteiger partial charge in [-0.15, -0.1) is 0 Å². The van der Waals surface area contributed by atoms with Crippen molar-refractivity contribution in [3.8, 4) is 11.1 Å². The Balaban J connectivity index is 1.63. The summed E-state index contributed by atoms with van der Waals surface area (Å²) in [6.45, 7) is 0.866. The highest BCUT2D eigenvalue weighted by molar-refractivity contribution is 9.10. The molecule has 4 aromatic rings. The van der Waals surface area contributed by atoms with Crippen molar-refractivity contribution in [1.82, 2.24) is 23.9 Å². The molecule has 0 aliphatic carbocycles. The van der Waals surface area contributed by atoms with Crippen molar-refractivity contribution in [3.05, 3.63) is 52.9 Å². The second kappa shape index (κ2) is 7.00. The first-order valence-corrected chi connectivity index (χ1v) is 12.1. The highest BCUT2D eigenvalue weighted by Gasteiger charge is 2.32. The SMILES string of the molecule is CS(=O)(=O)N1CCC(c2nc3c(-c4cnc5ccccc5c4)cnn3c(N)c2Br)C1. The van der Waals surface area contributed by atoms with Crippen molar-refractivity contribution < 1.29 is 8.42 Å². The summed E-state index contributed by atoms with van der Waals surface area (Å²) in [7, 11) is -3.24. The molecule has 1 atom stereocenters. The fourth-order valence-electron chi connectivity index (χ4n) is 3.96. The molecule has 1 aliphatic heterocycles. The summed E-state index contributed by atoms with van der Waals surface area (Å²) in [6, 6.07) is 9.97. The molecule has 0 amide bonds. The van der Waals surface area contributed by atoms with Gasteiger partial charge in [0.2, 0.25) is 10.0 Å². The summed E-state index contributed by atoms with van der Waals surface area (Å²) in [6.07, 6.45) is 5.46. The Hall–Kier alpha value is -2.56. The molecule has 0 spiro atoms. The second-order valence-corrected chi connectivity index (χ2v) is 10.3. The van der Waals surface area contributed by atoms with E-state index in [0.29, 0.717) is 35.4 Å². The van der Waals surface area contributed by atoms with E-state index in [4.69, 9.17) is 10.7 Å². The third-order valence-corrected chi connectivity index (χ3v) is 7.64. The van der Waals surface area contributed by atoms with Gasteiger partial charge in [0.1, 0.15) is 5.82 Å². The monoisotopic (exact) mass is 486 g/mol. The minimum Gasteiger partial charge on any atom is -0.383 e. The van der Waals surface area contributed by atoms with Crippen molar-refractivity contribution in [2.45, 2.75) is 12.3 Å². The van der Waals surface area contributed by atoms with Crippen LogP contribution in [0.25, 0.3) is 27.7 Å². The molecule has 1 aromatic carbocycles. The van der Waals surface area contributed by atoms with E-state index in [2.05, 4.69) is 32.1 Å². The first-order valence-electron chi connectivity index (χ1n) is 9.46. The number of anilines is 1. The van der Waals surface area contributed by atoms with Crippen LogP contribution in [0.1, 0.15) is 18.0 Å². The van der Waals surface area contributed by atoms with Crippen LogP contribution in [0.5, 0.6) is 0 Å². The molecule has 0 radical (unpaired) electrons. The minimum atomic E-state index is -3.24. The maximum absolute atomic E-state index is 11.9. The molecule has 5 rings (SSSR count). The number of aromatic nitrogens is 4. The molecule has 3 aromatic heterocycles. The van der Waals surface area contributed by atoms with Crippen LogP contribution in [0.4, 0.5) is 5.82 Å². The fourth-order valence-corrected chi connectivity index (χ4v) is 5.43. The zero-order valence-electron chi connectivity index (χ0n) is 16.2. The largest absolute Gasteiger partial charge is 0.383 e. The third kappa shape index (κ3) is 3.15. The van der Waals surface area contributed by atoms with Gasteiger partial charge in [-0.05, 0) is 34.5 Å². The van der Waals surface area contributed by atoms with E-state index >= 15 is 0 Å². The molecule has 1 unspecified atom stereocenters. The number of fused-ring (bicyclic) bond motifs is 2. The summed E-state index contributed by atoms with van der Waals surface area (Å²) < 4.78 is 27.6. The summed E-state index contributed by atoms with van der Waals surface area (Å²) >= 11 is 3.55. The highest BCUT2D eigenvalue weighted by atomic mass is 79.9. The van der Waals surface area contributed by atoms with Gasteiger partial charge in [0, 0.05) is 41.7 Å². The molecule has 0 bridgehead atoms. The smallest absolute Gasteiger partial charge is 0.211 e. The van der Waals surface area contributed by atoms with Gasteiger partial charge < -0.3 is 5.73 Å². The zero-order valence-corrected chi connectivity index (χ0v) is 18.6. The predicted octanol–water partition coefficient (Wildman–Crippen LogP) is 3.04. The van der Waals surface area contributed by atoms with Crippen molar-refractivity contribution >= 4 is 48.3 Å². The standard InChI is InChI=1S/C20H19BrN6O2S/c1-30(28,29)26-7-6-13(11-26)18-17(21)19(22)27-20(25-18)15(10-24-27)14-8-12-4-2-3-5-16(12)23-9-14/h2-5,8-10,13H,6-7,11,22H2,1H3. The van der Waals surface area contributed by atoms with Gasteiger partial charge in [-0.25, -0.2) is 17.7 Å². The number of nitrogens with two attached hydrogens (primary N) is 1. The Bertz CT molecular complexity index is 1400. The van der Waals surface area contributed by atoms with Crippen LogP contribution in [0, 0.1) is 0 Å². The van der Waals surface area contributed by atoms with Crippen LogP contribution in [-0.4, -0.2) is 51.7 Å². The van der Waals surface area contributed by atoms with Gasteiger partial charge in [0.15, 0.2) is 5.65 Å². The van der Waals surface area contributed by atoms with Crippen LogP contribution in [0.3, 0.4) is 0 Å². The summed E-state index contributed by atoms with van der Waals surface area (Å²) in [5.74, 6) is 0.395. The molecule has 154 valence electrons. The fraction of sp³-hybridized carbons (Fsp3) is 0.250. The van der Waals surface area contributed by atoms with Crippen LogP contribution in [0.15, 0.2) is 47.2 Å². The van der Waals surface area contributed by atoms with E-state index in [0.717, 1.165) is 27.7 Å². The number of rotatable bonds is 3. The lowest BCUT2D eigenvalue weighted by atomic mass is 10.0. The Morgan fingerprint density at radius 1 is 1.23 bits per heavy atom. The van der Waals surface area contributed by atoms with Crippen LogP contribution in [0.2, 0.25) is 0 Å². The lowest BCUT2D eigenvalue weighted by Crippen LogP contribution is -2.27. The maximum atomic E-state index is 11.9. The number of para-hydroxylation sites is 1. The number of hydrogen-bond donors (Lipinski definition) is 1. The van der Waals surface area contributed by atoms with E-state index in [1.165, 1.54) is 10.6 Å². The summed E-state index contributed by atoms with van der Waals surface area (Å²) in [5, 5.41) is 5.45. The molecule has 1 aliphatic rings. The van der Waals surface area contributed by atoms with Gasteiger partial charge in [-0.2, -0.15) is 9.61 Å². The first kappa shape index (κ1) is 19.4. The van der Waals surface area contributed by atoms with Crippen molar-refractivity contribution in [3.63, 3.8) is 0 Å². The van der Waals surface area contributed by atoms with Crippen molar-refractivity contribution in [2.24, 2.45) is 0 Å². The molecule has 30 heavy (non-hydrogen) atoms. The summed E-state index contributed by atoms with van der Waals surface area (Å²) in [5.41, 5.74) is 10.4. The Kier molecular flexibility index (Phi) is 4.53. The van der Waals surface area contributed by atoms with Crippen molar-refractivity contribution in [2.75, 3.05) is 25.1 Å². The normalized spacial score (nSPS) is 17.9. The number of hydrogen-bond acceptors (Lipinski definition) is 6. The molecule has 0 saturated carbocycles. The van der Waals surface area contributed by atoms with Gasteiger partial charge in [0.25, 0.3) is 0 Å². The number of nitrogen functional groups attached to an aromatic ring is 1. The van der Waals surface area contributed by atoms with E-state index in [-0.39, 0.29) is 5.92 Å². The quantitative estimate of drug-likeness (QED) is 0.476. The molecule has 2 N–H and O–H groups in total. The molecular formula is C20H19BrN6O2S. The Labute approximate surface area is 181 Å². The lowest BCUT2D eigenvalue weighted by molar-refractivity contribution is 0.477. The van der Waals surface area contributed by atoms with Gasteiger partial charge in [-0.1, -0.05) is 18.2 Å². The molecular weight excluding hydrogens is 468 g/mol. The highest BCUT2D eigenvalue weighted by Crippen LogP contribution is 2.37.